The number of esters is 1. The van der Waals surface area contributed by atoms with Gasteiger partial charge in [0, 0.05) is 6.26 Å². The lowest BCUT2D eigenvalue weighted by atomic mass is 10.1. The first-order valence-corrected chi connectivity index (χ1v) is 13.5. The molecule has 2 aromatic rings. The van der Waals surface area contributed by atoms with Gasteiger partial charge in [0.1, 0.15) is 5.60 Å². The number of rotatable bonds is 7. The Labute approximate surface area is 199 Å². The maximum Gasteiger partial charge on any atom is 0.412 e. The van der Waals surface area contributed by atoms with E-state index in [9.17, 15) is 26.4 Å². The Morgan fingerprint density at radius 3 is 2.15 bits per heavy atom. The lowest BCUT2D eigenvalue weighted by molar-refractivity contribution is 0.0597. The van der Waals surface area contributed by atoms with Gasteiger partial charge in [-0.25, -0.2) is 26.4 Å². The van der Waals surface area contributed by atoms with Crippen LogP contribution in [0.2, 0.25) is 0 Å². The molecule has 186 valence electrons. The fraction of sp³-hybridized carbons (Fsp3) is 0.364. The summed E-state index contributed by atoms with van der Waals surface area (Å²) >= 11 is 0. The summed E-state index contributed by atoms with van der Waals surface area (Å²) in [4.78, 5) is 23.8. The minimum absolute atomic E-state index is 0.0209. The maximum atomic E-state index is 13.3. The van der Waals surface area contributed by atoms with Crippen molar-refractivity contribution in [3.8, 4) is 0 Å². The summed E-state index contributed by atoms with van der Waals surface area (Å²) in [5.41, 5.74) is -0.592. The van der Waals surface area contributed by atoms with Crippen molar-refractivity contribution in [2.75, 3.05) is 23.4 Å². The van der Waals surface area contributed by atoms with Crippen LogP contribution >= 0.6 is 0 Å². The number of sulfonamides is 1. The molecule has 10 nitrogen and oxygen atoms in total. The van der Waals surface area contributed by atoms with Gasteiger partial charge in [0.2, 0.25) is 0 Å². The Balaban J connectivity index is 2.59. The number of anilines is 2. The fourth-order valence-corrected chi connectivity index (χ4v) is 4.96. The Hall–Kier alpha value is -3.12. The molecule has 0 saturated heterocycles. The third kappa shape index (κ3) is 6.94. The zero-order valence-electron chi connectivity index (χ0n) is 19.8. The summed E-state index contributed by atoms with van der Waals surface area (Å²) in [6.45, 7) is 6.71. The van der Waals surface area contributed by atoms with E-state index in [4.69, 9.17) is 4.74 Å². The zero-order chi connectivity index (χ0) is 25.9. The van der Waals surface area contributed by atoms with Gasteiger partial charge >= 0.3 is 12.1 Å². The van der Waals surface area contributed by atoms with Crippen LogP contribution in [0.15, 0.2) is 46.2 Å². The first kappa shape index (κ1) is 27.1. The van der Waals surface area contributed by atoms with Crippen LogP contribution < -0.4 is 10.0 Å². The third-order valence-corrected chi connectivity index (χ3v) is 7.02. The summed E-state index contributed by atoms with van der Waals surface area (Å²) in [6.07, 6.45) is 0.447. The van der Waals surface area contributed by atoms with E-state index >= 15 is 0 Å². The molecule has 0 fully saturated rings. The van der Waals surface area contributed by atoms with Crippen molar-refractivity contribution >= 4 is 43.3 Å². The number of aryl methyl sites for hydroxylation is 1. The molecule has 0 radical (unpaired) electrons. The lowest BCUT2D eigenvalue weighted by Crippen LogP contribution is -2.27. The van der Waals surface area contributed by atoms with Gasteiger partial charge in [0.25, 0.3) is 10.0 Å². The first-order chi connectivity index (χ1) is 15.6. The second-order valence-electron chi connectivity index (χ2n) is 8.38. The Kier molecular flexibility index (Phi) is 7.99. The second-order valence-corrected chi connectivity index (χ2v) is 12.0. The van der Waals surface area contributed by atoms with Gasteiger partial charge in [-0.1, -0.05) is 13.0 Å². The smallest absolute Gasteiger partial charge is 0.412 e. The highest BCUT2D eigenvalue weighted by Gasteiger charge is 2.24. The predicted octanol–water partition coefficient (Wildman–Crippen LogP) is 3.59. The number of ether oxygens (including phenoxy) is 2. The van der Waals surface area contributed by atoms with Crippen LogP contribution in [0.3, 0.4) is 0 Å². The number of carbonyl (C=O) groups excluding carboxylic acids is 2. The molecule has 2 aromatic carbocycles. The Morgan fingerprint density at radius 1 is 0.971 bits per heavy atom. The van der Waals surface area contributed by atoms with Gasteiger partial charge in [-0.05, 0) is 63.1 Å². The number of carbonyl (C=O) groups is 2. The molecule has 0 saturated carbocycles. The number of nitrogens with one attached hydrogen (secondary N) is 2. The highest BCUT2D eigenvalue weighted by atomic mass is 32.2. The molecule has 0 atom stereocenters. The molecule has 0 aromatic heterocycles. The second kappa shape index (κ2) is 10.0. The van der Waals surface area contributed by atoms with Crippen molar-refractivity contribution < 1.29 is 35.9 Å². The Bertz CT molecular complexity index is 1310. The van der Waals surface area contributed by atoms with E-state index in [1.165, 1.54) is 37.4 Å². The van der Waals surface area contributed by atoms with E-state index in [0.29, 0.717) is 12.0 Å². The van der Waals surface area contributed by atoms with E-state index in [1.807, 2.05) is 0 Å². The molecule has 0 aliphatic rings. The van der Waals surface area contributed by atoms with Crippen molar-refractivity contribution in [1.82, 2.24) is 0 Å². The highest BCUT2D eigenvalue weighted by Crippen LogP contribution is 2.30. The van der Waals surface area contributed by atoms with Gasteiger partial charge in [0.05, 0.1) is 33.8 Å². The normalized spacial score (nSPS) is 12.1. The molecule has 12 heteroatoms. The predicted molar refractivity (Wildman–Crippen MR) is 127 cm³/mol. The highest BCUT2D eigenvalue weighted by molar-refractivity contribution is 7.92. The molecule has 0 unspecified atom stereocenters. The van der Waals surface area contributed by atoms with E-state index in [-0.39, 0.29) is 26.7 Å². The molecule has 0 spiro atoms. The van der Waals surface area contributed by atoms with Gasteiger partial charge < -0.3 is 9.47 Å². The summed E-state index contributed by atoms with van der Waals surface area (Å²) in [5, 5.41) is 2.43. The largest absolute Gasteiger partial charge is 0.465 e. The average Bonchev–Trinajstić information content (AvgIpc) is 2.71. The minimum Gasteiger partial charge on any atom is -0.465 e. The first-order valence-electron chi connectivity index (χ1n) is 10.2. The lowest BCUT2D eigenvalue weighted by Gasteiger charge is -2.21. The molecule has 0 aliphatic heterocycles. The van der Waals surface area contributed by atoms with E-state index in [0.717, 1.165) is 12.3 Å². The number of methoxy groups -OCH3 is 1. The summed E-state index contributed by atoms with van der Waals surface area (Å²) < 4.78 is 62.9. The zero-order valence-corrected chi connectivity index (χ0v) is 21.4. The summed E-state index contributed by atoms with van der Waals surface area (Å²) in [5.74, 6) is -0.717. The average molecular weight is 513 g/mol. The minimum atomic E-state index is -4.32. The topological polar surface area (TPSA) is 145 Å². The van der Waals surface area contributed by atoms with Gasteiger partial charge in [-0.3, -0.25) is 10.0 Å². The van der Waals surface area contributed by atoms with Crippen molar-refractivity contribution in [2.24, 2.45) is 0 Å². The number of hydrogen-bond acceptors (Lipinski definition) is 8. The van der Waals surface area contributed by atoms with E-state index in [2.05, 4.69) is 14.8 Å². The van der Waals surface area contributed by atoms with Crippen molar-refractivity contribution in [1.29, 1.82) is 0 Å². The molecule has 0 aliphatic carbocycles. The van der Waals surface area contributed by atoms with Crippen LogP contribution in [-0.2, 0) is 35.8 Å². The molecule has 0 bridgehead atoms. The summed E-state index contributed by atoms with van der Waals surface area (Å²) in [7, 11) is -6.84. The fourth-order valence-electron chi connectivity index (χ4n) is 2.90. The molecule has 2 N–H and O–H groups in total. The molecule has 34 heavy (non-hydrogen) atoms. The van der Waals surface area contributed by atoms with Gasteiger partial charge in [-0.15, -0.1) is 0 Å². The van der Waals surface area contributed by atoms with Crippen molar-refractivity contribution in [2.45, 2.75) is 49.5 Å². The van der Waals surface area contributed by atoms with Crippen LogP contribution in [0.5, 0.6) is 0 Å². The molecule has 1 amide bonds. The van der Waals surface area contributed by atoms with Crippen LogP contribution in [0, 0.1) is 0 Å². The maximum absolute atomic E-state index is 13.3. The number of hydrogen-bond donors (Lipinski definition) is 2. The number of amides is 1. The van der Waals surface area contributed by atoms with Gasteiger partial charge in [0.15, 0.2) is 9.84 Å². The Morgan fingerprint density at radius 2 is 1.62 bits per heavy atom. The van der Waals surface area contributed by atoms with Crippen molar-refractivity contribution in [3.05, 3.63) is 47.5 Å². The number of sulfone groups is 1. The quantitative estimate of drug-likeness (QED) is 0.536. The van der Waals surface area contributed by atoms with Crippen LogP contribution in [0.25, 0.3) is 0 Å². The van der Waals surface area contributed by atoms with Crippen LogP contribution in [-0.4, -0.2) is 47.9 Å². The third-order valence-electron chi connectivity index (χ3n) is 4.46. The van der Waals surface area contributed by atoms with Crippen LogP contribution in [0.1, 0.15) is 43.6 Å². The van der Waals surface area contributed by atoms with Crippen LogP contribution in [0.4, 0.5) is 16.2 Å². The monoisotopic (exact) mass is 512 g/mol. The summed E-state index contributed by atoms with van der Waals surface area (Å²) in [6, 6.07) is 7.69. The van der Waals surface area contributed by atoms with Gasteiger partial charge in [-0.2, -0.15) is 0 Å². The SMILES string of the molecule is CCc1ccc(C(=O)OC)cc1S(=O)(=O)Nc1cc(S(C)(=O)=O)ccc1NC(=O)OC(C)(C)C. The van der Waals surface area contributed by atoms with Crippen molar-refractivity contribution in [3.63, 3.8) is 0 Å². The molecule has 2 rings (SSSR count). The molecule has 0 heterocycles. The molecular weight excluding hydrogens is 484 g/mol. The number of benzene rings is 2. The van der Waals surface area contributed by atoms with E-state index < -0.39 is 37.5 Å². The standard InChI is InChI=1S/C22H28N2O8S2/c1-7-14-8-9-15(20(25)31-5)12-19(14)34(29,30)24-18-13-16(33(6,27)28)10-11-17(18)23-21(26)32-22(2,3)4/h8-13,24H,7H2,1-6H3,(H,23,26). The van der Waals surface area contributed by atoms with E-state index in [1.54, 1.807) is 27.7 Å². The molecular formula is C22H28N2O8S2.